The molecule has 1 saturated carbocycles. The molecule has 0 radical (unpaired) electrons. The topological polar surface area (TPSA) is 95.0 Å². The average Bonchev–Trinajstić information content (AvgIpc) is 3.31. The van der Waals surface area contributed by atoms with Crippen molar-refractivity contribution in [3.05, 3.63) is 51.7 Å². The molecule has 0 bridgehead atoms. The van der Waals surface area contributed by atoms with E-state index < -0.39 is 0 Å². The molecule has 0 atom stereocenters. The number of ether oxygens (including phenoxy) is 1. The summed E-state index contributed by atoms with van der Waals surface area (Å²) >= 11 is 9.96. The van der Waals surface area contributed by atoms with E-state index in [9.17, 15) is 0 Å². The minimum absolute atomic E-state index is 0.308. The van der Waals surface area contributed by atoms with Crippen molar-refractivity contribution in [1.29, 1.82) is 0 Å². The number of fused-ring (bicyclic) bond motifs is 1. The second-order valence-electron chi connectivity index (χ2n) is 9.01. The van der Waals surface area contributed by atoms with Crippen LogP contribution in [0.4, 0.5) is 0 Å². The molecule has 34 heavy (non-hydrogen) atoms. The lowest BCUT2D eigenvalue weighted by atomic mass is 9.96. The highest BCUT2D eigenvalue weighted by molar-refractivity contribution is 9.10. The predicted octanol–water partition coefficient (Wildman–Crippen LogP) is 5.21. The van der Waals surface area contributed by atoms with Crippen molar-refractivity contribution < 1.29 is 9.15 Å². The summed E-state index contributed by atoms with van der Waals surface area (Å²) in [6.45, 7) is 3.43. The molecule has 0 N–H and O–H groups in total. The van der Waals surface area contributed by atoms with Gasteiger partial charge in [0.25, 0.3) is 0 Å². The molecule has 2 fully saturated rings. The summed E-state index contributed by atoms with van der Waals surface area (Å²) in [5.41, 5.74) is 2.73. The van der Waals surface area contributed by atoms with Crippen LogP contribution in [0, 0.1) is 5.92 Å². The molecule has 6 rings (SSSR count). The van der Waals surface area contributed by atoms with Gasteiger partial charge in [-0.2, -0.15) is 0 Å². The Morgan fingerprint density at radius 2 is 2.00 bits per heavy atom. The van der Waals surface area contributed by atoms with Gasteiger partial charge in [0.1, 0.15) is 11.3 Å². The molecule has 1 saturated heterocycles. The first-order chi connectivity index (χ1) is 16.6. The second-order valence-corrected chi connectivity index (χ2v) is 10.2. The molecular formula is C23H23BrClN7O2. The van der Waals surface area contributed by atoms with Crippen LogP contribution in [0.2, 0.25) is 5.02 Å². The number of hydrogen-bond acceptors (Lipinski definition) is 8. The number of rotatable bonds is 7. The van der Waals surface area contributed by atoms with Gasteiger partial charge in [-0.15, -0.1) is 15.3 Å². The summed E-state index contributed by atoms with van der Waals surface area (Å²) in [5.74, 6) is 2.94. The van der Waals surface area contributed by atoms with Crippen LogP contribution >= 0.6 is 27.5 Å². The third-order valence-corrected chi connectivity index (χ3v) is 7.50. The smallest absolute Gasteiger partial charge is 0.223 e. The van der Waals surface area contributed by atoms with Gasteiger partial charge in [0.15, 0.2) is 0 Å². The lowest BCUT2D eigenvalue weighted by Gasteiger charge is -2.30. The maximum Gasteiger partial charge on any atom is 0.223 e. The summed E-state index contributed by atoms with van der Waals surface area (Å²) in [7, 11) is 0. The monoisotopic (exact) mass is 543 g/mol. The first-order valence-electron chi connectivity index (χ1n) is 11.5. The molecule has 9 nitrogen and oxygen atoms in total. The fraction of sp³-hybridized carbons (Fsp3) is 0.435. The molecule has 1 aliphatic heterocycles. The third-order valence-electron chi connectivity index (χ3n) is 6.52. The molecular weight excluding hydrogens is 522 g/mol. The highest BCUT2D eigenvalue weighted by Gasteiger charge is 2.26. The van der Waals surface area contributed by atoms with E-state index in [1.54, 1.807) is 6.20 Å². The van der Waals surface area contributed by atoms with Gasteiger partial charge in [0.2, 0.25) is 18.2 Å². The zero-order valence-corrected chi connectivity index (χ0v) is 20.7. The van der Waals surface area contributed by atoms with Crippen LogP contribution in [-0.4, -0.2) is 48.2 Å². The molecule has 4 aromatic rings. The Morgan fingerprint density at radius 3 is 2.76 bits per heavy atom. The number of likely N-dealkylation sites (tertiary alicyclic amines) is 1. The Morgan fingerprint density at radius 1 is 1.15 bits per heavy atom. The van der Waals surface area contributed by atoms with Crippen molar-refractivity contribution in [3.8, 4) is 11.6 Å². The minimum Gasteiger partial charge on any atom is -0.437 e. The van der Waals surface area contributed by atoms with Crippen LogP contribution in [0.3, 0.4) is 0 Å². The van der Waals surface area contributed by atoms with Gasteiger partial charge in [0, 0.05) is 30.8 Å². The van der Waals surface area contributed by atoms with E-state index in [0.717, 1.165) is 65.4 Å². The molecule has 11 heteroatoms. The van der Waals surface area contributed by atoms with Crippen LogP contribution in [-0.2, 0) is 13.1 Å². The van der Waals surface area contributed by atoms with E-state index in [-0.39, 0.29) is 0 Å². The van der Waals surface area contributed by atoms with Crippen molar-refractivity contribution in [3.63, 3.8) is 0 Å². The molecule has 4 heterocycles. The number of benzene rings is 1. The lowest BCUT2D eigenvalue weighted by molar-refractivity contribution is 0.191. The zero-order valence-electron chi connectivity index (χ0n) is 18.4. The average molecular weight is 545 g/mol. The SMILES string of the molecule is Clc1cnc(Oc2ccc3c(nnn3CC3CC3)c2Br)c(CN2CCC(c3nnco3)CC2)c1. The normalized spacial score (nSPS) is 17.5. The van der Waals surface area contributed by atoms with Crippen LogP contribution in [0.15, 0.2) is 39.7 Å². The summed E-state index contributed by atoms with van der Waals surface area (Å²) in [5, 5.41) is 17.2. The first-order valence-corrected chi connectivity index (χ1v) is 12.6. The largest absolute Gasteiger partial charge is 0.437 e. The second kappa shape index (κ2) is 9.24. The fourth-order valence-electron chi connectivity index (χ4n) is 4.46. The molecule has 3 aromatic heterocycles. The van der Waals surface area contributed by atoms with Crippen molar-refractivity contribution in [2.75, 3.05) is 13.1 Å². The highest BCUT2D eigenvalue weighted by atomic mass is 79.9. The van der Waals surface area contributed by atoms with E-state index >= 15 is 0 Å². The lowest BCUT2D eigenvalue weighted by Crippen LogP contribution is -2.32. The van der Waals surface area contributed by atoms with Gasteiger partial charge in [0.05, 0.1) is 15.0 Å². The van der Waals surface area contributed by atoms with Crippen molar-refractivity contribution in [1.82, 2.24) is 35.1 Å². The number of halogens is 2. The van der Waals surface area contributed by atoms with Crippen LogP contribution in [0.25, 0.3) is 11.0 Å². The molecule has 2 aliphatic rings. The van der Waals surface area contributed by atoms with Gasteiger partial charge >= 0.3 is 0 Å². The summed E-state index contributed by atoms with van der Waals surface area (Å²) in [6.07, 6.45) is 7.47. The van der Waals surface area contributed by atoms with Crippen LogP contribution in [0.1, 0.15) is 43.1 Å². The fourth-order valence-corrected chi connectivity index (χ4v) is 5.14. The van der Waals surface area contributed by atoms with E-state index in [4.69, 9.17) is 20.8 Å². The highest BCUT2D eigenvalue weighted by Crippen LogP contribution is 2.37. The van der Waals surface area contributed by atoms with Gasteiger partial charge in [-0.05, 0) is 78.8 Å². The molecule has 1 aromatic carbocycles. The predicted molar refractivity (Wildman–Crippen MR) is 129 cm³/mol. The number of nitrogens with zero attached hydrogens (tertiary/aromatic N) is 7. The number of aromatic nitrogens is 6. The molecule has 0 amide bonds. The Kier molecular flexibility index (Phi) is 5.96. The van der Waals surface area contributed by atoms with Crippen molar-refractivity contribution in [2.45, 2.75) is 44.7 Å². The number of pyridine rings is 1. The maximum atomic E-state index is 6.29. The van der Waals surface area contributed by atoms with Crippen LogP contribution < -0.4 is 4.74 Å². The Bertz CT molecular complexity index is 1300. The van der Waals surface area contributed by atoms with Gasteiger partial charge in [-0.3, -0.25) is 4.90 Å². The van der Waals surface area contributed by atoms with E-state index in [1.165, 1.54) is 19.2 Å². The number of piperidine rings is 1. The Hall–Kier alpha value is -2.56. The third kappa shape index (κ3) is 4.54. The Balaban J connectivity index is 1.19. The van der Waals surface area contributed by atoms with Gasteiger partial charge in [-0.25, -0.2) is 9.67 Å². The summed E-state index contributed by atoms with van der Waals surface area (Å²) < 4.78 is 14.4. The molecule has 1 aliphatic carbocycles. The quantitative estimate of drug-likeness (QED) is 0.313. The Labute approximate surface area is 209 Å². The summed E-state index contributed by atoms with van der Waals surface area (Å²) in [6, 6.07) is 5.87. The molecule has 0 unspecified atom stereocenters. The number of hydrogen-bond donors (Lipinski definition) is 0. The van der Waals surface area contributed by atoms with E-state index in [0.29, 0.717) is 29.1 Å². The van der Waals surface area contributed by atoms with E-state index in [1.807, 2.05) is 22.9 Å². The zero-order chi connectivity index (χ0) is 23.1. The van der Waals surface area contributed by atoms with Crippen LogP contribution in [0.5, 0.6) is 11.6 Å². The van der Waals surface area contributed by atoms with Gasteiger partial charge < -0.3 is 9.15 Å². The maximum absolute atomic E-state index is 6.29. The van der Waals surface area contributed by atoms with E-state index in [2.05, 4.69) is 46.3 Å². The summed E-state index contributed by atoms with van der Waals surface area (Å²) in [4.78, 5) is 6.86. The molecule has 0 spiro atoms. The van der Waals surface area contributed by atoms with Gasteiger partial charge in [-0.1, -0.05) is 16.8 Å². The first kappa shape index (κ1) is 21.9. The van der Waals surface area contributed by atoms with Crippen molar-refractivity contribution >= 4 is 38.6 Å². The standard InChI is InChI=1S/C23H23BrClN7O2/c24-20-19(4-3-18-21(20)28-30-32(18)11-14-1-2-14)34-22-16(9-17(25)10-26-22)12-31-7-5-15(6-8-31)23-29-27-13-33-23/h3-4,9-10,13-15H,1-2,5-8,11-12H2. The minimum atomic E-state index is 0.308. The molecule has 176 valence electrons. The van der Waals surface area contributed by atoms with Crippen molar-refractivity contribution in [2.24, 2.45) is 5.92 Å².